The number of aromatic nitrogens is 2. The Morgan fingerprint density at radius 2 is 1.88 bits per heavy atom. The number of carbonyl (C=O) groups excluding carboxylic acids is 2. The molecule has 0 unspecified atom stereocenters. The molecule has 3 aromatic rings. The molecule has 8 heteroatoms. The number of carbonyl (C=O) groups is 2. The number of aromatic amines is 1. The van der Waals surface area contributed by atoms with E-state index in [2.05, 4.69) is 20.8 Å². The van der Waals surface area contributed by atoms with Gasteiger partial charge in [0.2, 0.25) is 0 Å². The Labute approximate surface area is 154 Å². The number of nitrogens with zero attached hydrogens (tertiary/aromatic N) is 1. The summed E-state index contributed by atoms with van der Waals surface area (Å²) in [7, 11) is 0. The summed E-state index contributed by atoms with van der Waals surface area (Å²) < 4.78 is 0. The van der Waals surface area contributed by atoms with Crippen molar-refractivity contribution in [2.24, 2.45) is 5.73 Å². The first-order valence-electron chi connectivity index (χ1n) is 7.76. The van der Waals surface area contributed by atoms with E-state index < -0.39 is 6.03 Å². The van der Waals surface area contributed by atoms with Crippen LogP contribution >= 0.6 is 11.6 Å². The number of rotatable bonds is 5. The number of anilines is 1. The van der Waals surface area contributed by atoms with Crippen molar-refractivity contribution in [1.82, 2.24) is 15.5 Å². The SMILES string of the molecule is NC(=O)Nc1ccc(CNC(=O)c2cc(-c3cccc(Cl)c3)n[nH]2)cc1. The first-order chi connectivity index (χ1) is 12.5. The number of nitrogens with one attached hydrogen (secondary N) is 3. The van der Waals surface area contributed by atoms with Gasteiger partial charge in [-0.1, -0.05) is 35.9 Å². The molecule has 1 heterocycles. The maximum atomic E-state index is 12.3. The van der Waals surface area contributed by atoms with Gasteiger partial charge in [-0.3, -0.25) is 9.89 Å². The number of H-pyrrole nitrogens is 1. The lowest BCUT2D eigenvalue weighted by molar-refractivity contribution is 0.0946. The smallest absolute Gasteiger partial charge is 0.316 e. The number of hydrogen-bond donors (Lipinski definition) is 4. The van der Waals surface area contributed by atoms with E-state index in [-0.39, 0.29) is 5.91 Å². The van der Waals surface area contributed by atoms with Crippen LogP contribution in [0, 0.1) is 0 Å². The van der Waals surface area contributed by atoms with Crippen LogP contribution in [0.5, 0.6) is 0 Å². The van der Waals surface area contributed by atoms with Crippen molar-refractivity contribution in [3.63, 3.8) is 0 Å². The molecule has 7 nitrogen and oxygen atoms in total. The van der Waals surface area contributed by atoms with Crippen LogP contribution in [-0.2, 0) is 6.54 Å². The summed E-state index contributed by atoms with van der Waals surface area (Å²) in [5.41, 5.74) is 8.34. The molecule has 0 bridgehead atoms. The van der Waals surface area contributed by atoms with E-state index in [1.165, 1.54) is 0 Å². The number of hydrogen-bond acceptors (Lipinski definition) is 3. The molecule has 0 atom stereocenters. The van der Waals surface area contributed by atoms with Gasteiger partial charge in [0.1, 0.15) is 5.69 Å². The Morgan fingerprint density at radius 1 is 1.12 bits per heavy atom. The summed E-state index contributed by atoms with van der Waals surface area (Å²) in [6.45, 7) is 0.335. The summed E-state index contributed by atoms with van der Waals surface area (Å²) in [5.74, 6) is -0.273. The van der Waals surface area contributed by atoms with E-state index in [9.17, 15) is 9.59 Å². The third-order valence-corrected chi connectivity index (χ3v) is 3.85. The van der Waals surface area contributed by atoms with E-state index in [0.29, 0.717) is 28.6 Å². The Balaban J connectivity index is 1.61. The van der Waals surface area contributed by atoms with Crippen LogP contribution in [0.1, 0.15) is 16.1 Å². The van der Waals surface area contributed by atoms with Crippen LogP contribution in [-0.4, -0.2) is 22.1 Å². The Bertz CT molecular complexity index is 937. The second-order valence-corrected chi connectivity index (χ2v) is 5.98. The summed E-state index contributed by atoms with van der Waals surface area (Å²) in [6, 6.07) is 15.3. The summed E-state index contributed by atoms with van der Waals surface area (Å²) >= 11 is 5.97. The molecule has 5 N–H and O–H groups in total. The van der Waals surface area contributed by atoms with Crippen molar-refractivity contribution in [3.8, 4) is 11.3 Å². The second kappa shape index (κ2) is 7.71. The second-order valence-electron chi connectivity index (χ2n) is 5.55. The van der Waals surface area contributed by atoms with E-state index in [1.807, 2.05) is 12.1 Å². The number of benzene rings is 2. The molecule has 0 fully saturated rings. The predicted molar refractivity (Wildman–Crippen MR) is 99.9 cm³/mol. The fourth-order valence-corrected chi connectivity index (χ4v) is 2.55. The number of nitrogens with two attached hydrogens (primary N) is 1. The highest BCUT2D eigenvalue weighted by molar-refractivity contribution is 6.30. The highest BCUT2D eigenvalue weighted by atomic mass is 35.5. The van der Waals surface area contributed by atoms with E-state index in [0.717, 1.165) is 11.1 Å². The van der Waals surface area contributed by atoms with Gasteiger partial charge in [0.15, 0.2) is 0 Å². The minimum atomic E-state index is -0.624. The predicted octanol–water partition coefficient (Wildman–Crippen LogP) is 3.15. The molecule has 2 aromatic carbocycles. The fraction of sp³-hybridized carbons (Fsp3) is 0.0556. The first kappa shape index (κ1) is 17.5. The van der Waals surface area contributed by atoms with Gasteiger partial charge in [0.25, 0.3) is 5.91 Å². The maximum absolute atomic E-state index is 12.3. The summed E-state index contributed by atoms with van der Waals surface area (Å²) in [5, 5.41) is 12.7. The first-order valence-corrected chi connectivity index (χ1v) is 8.14. The normalized spacial score (nSPS) is 10.3. The zero-order chi connectivity index (χ0) is 18.5. The quantitative estimate of drug-likeness (QED) is 0.554. The average molecular weight is 370 g/mol. The number of amides is 3. The molecule has 0 spiro atoms. The van der Waals surface area contributed by atoms with Crippen molar-refractivity contribution < 1.29 is 9.59 Å². The van der Waals surface area contributed by atoms with Gasteiger partial charge in [-0.2, -0.15) is 5.10 Å². The van der Waals surface area contributed by atoms with Crippen LogP contribution in [0.4, 0.5) is 10.5 Å². The van der Waals surface area contributed by atoms with Gasteiger partial charge < -0.3 is 16.4 Å². The lowest BCUT2D eigenvalue weighted by atomic mass is 10.1. The number of primary amides is 1. The van der Waals surface area contributed by atoms with Crippen LogP contribution in [0.2, 0.25) is 5.02 Å². The Hall–Kier alpha value is -3.32. The van der Waals surface area contributed by atoms with Crippen molar-refractivity contribution >= 4 is 29.2 Å². The van der Waals surface area contributed by atoms with Crippen molar-refractivity contribution in [2.75, 3.05) is 5.32 Å². The molecule has 0 aliphatic carbocycles. The minimum absolute atomic E-state index is 0.273. The monoisotopic (exact) mass is 369 g/mol. The average Bonchev–Trinajstić information content (AvgIpc) is 3.11. The maximum Gasteiger partial charge on any atom is 0.316 e. The largest absolute Gasteiger partial charge is 0.351 e. The van der Waals surface area contributed by atoms with Gasteiger partial charge in [-0.05, 0) is 35.9 Å². The van der Waals surface area contributed by atoms with Gasteiger partial charge >= 0.3 is 6.03 Å². The van der Waals surface area contributed by atoms with Crippen LogP contribution in [0.3, 0.4) is 0 Å². The highest BCUT2D eigenvalue weighted by Crippen LogP contribution is 2.21. The highest BCUT2D eigenvalue weighted by Gasteiger charge is 2.11. The molecule has 3 rings (SSSR count). The summed E-state index contributed by atoms with van der Waals surface area (Å²) in [4.78, 5) is 23.0. The molecule has 0 saturated heterocycles. The summed E-state index contributed by atoms with van der Waals surface area (Å²) in [6.07, 6.45) is 0. The molecule has 3 amide bonds. The van der Waals surface area contributed by atoms with Gasteiger partial charge in [-0.25, -0.2) is 4.79 Å². The molecule has 132 valence electrons. The standard InChI is InChI=1S/C18H16ClN5O2/c19-13-3-1-2-12(8-13)15-9-16(24-23-15)17(25)21-10-11-4-6-14(7-5-11)22-18(20)26/h1-9H,10H2,(H,21,25)(H,23,24)(H3,20,22,26). The molecular formula is C18H16ClN5O2. The molecule has 0 saturated carbocycles. The molecule has 1 aromatic heterocycles. The van der Waals surface area contributed by atoms with Crippen molar-refractivity contribution in [1.29, 1.82) is 0 Å². The van der Waals surface area contributed by atoms with E-state index in [4.69, 9.17) is 17.3 Å². The van der Waals surface area contributed by atoms with Crippen LogP contribution < -0.4 is 16.4 Å². The lowest BCUT2D eigenvalue weighted by Crippen LogP contribution is -2.23. The zero-order valence-electron chi connectivity index (χ0n) is 13.6. The van der Waals surface area contributed by atoms with Gasteiger partial charge in [0, 0.05) is 22.8 Å². The third kappa shape index (κ3) is 4.40. The zero-order valence-corrected chi connectivity index (χ0v) is 14.4. The molecule has 0 aliphatic heterocycles. The molecule has 26 heavy (non-hydrogen) atoms. The van der Waals surface area contributed by atoms with Gasteiger partial charge in [-0.15, -0.1) is 0 Å². The van der Waals surface area contributed by atoms with E-state index in [1.54, 1.807) is 42.5 Å². The topological polar surface area (TPSA) is 113 Å². The number of halogens is 1. The Kier molecular flexibility index (Phi) is 5.19. The third-order valence-electron chi connectivity index (χ3n) is 3.62. The number of urea groups is 1. The van der Waals surface area contributed by atoms with Crippen LogP contribution in [0.15, 0.2) is 54.6 Å². The van der Waals surface area contributed by atoms with E-state index >= 15 is 0 Å². The molecular weight excluding hydrogens is 354 g/mol. The minimum Gasteiger partial charge on any atom is -0.351 e. The van der Waals surface area contributed by atoms with Crippen molar-refractivity contribution in [3.05, 3.63) is 70.9 Å². The Morgan fingerprint density at radius 3 is 2.58 bits per heavy atom. The molecule has 0 radical (unpaired) electrons. The molecule has 0 aliphatic rings. The fourth-order valence-electron chi connectivity index (χ4n) is 2.36. The van der Waals surface area contributed by atoms with Gasteiger partial charge in [0.05, 0.1) is 5.69 Å². The van der Waals surface area contributed by atoms with Crippen LogP contribution in [0.25, 0.3) is 11.3 Å². The van der Waals surface area contributed by atoms with Crippen molar-refractivity contribution in [2.45, 2.75) is 6.54 Å². The lowest BCUT2D eigenvalue weighted by Gasteiger charge is -2.06.